The van der Waals surface area contributed by atoms with Crippen molar-refractivity contribution in [1.82, 2.24) is 4.90 Å². The van der Waals surface area contributed by atoms with E-state index in [1.807, 2.05) is 0 Å². The highest BCUT2D eigenvalue weighted by Gasteiger charge is 2.47. The lowest BCUT2D eigenvalue weighted by molar-refractivity contribution is -0.244. The minimum atomic E-state index is -1.10. The maximum absolute atomic E-state index is 12.3. The number of amides is 1. The first-order valence-corrected chi connectivity index (χ1v) is 8.07. The summed E-state index contributed by atoms with van der Waals surface area (Å²) in [5.74, 6) is -2.46. The van der Waals surface area contributed by atoms with Crippen molar-refractivity contribution in [3.63, 3.8) is 0 Å². The third-order valence-electron chi connectivity index (χ3n) is 4.18. The van der Waals surface area contributed by atoms with Gasteiger partial charge in [-0.2, -0.15) is 0 Å². The van der Waals surface area contributed by atoms with Crippen molar-refractivity contribution in [3.8, 4) is 0 Å². The quantitative estimate of drug-likeness (QED) is 0.417. The van der Waals surface area contributed by atoms with Gasteiger partial charge in [-0.15, -0.1) is 0 Å². The summed E-state index contributed by atoms with van der Waals surface area (Å²) >= 11 is 0. The van der Waals surface area contributed by atoms with Crippen molar-refractivity contribution in [3.05, 3.63) is 35.7 Å². The van der Waals surface area contributed by atoms with E-state index in [-0.39, 0.29) is 12.2 Å². The molecule has 7 heteroatoms. The van der Waals surface area contributed by atoms with Crippen molar-refractivity contribution in [1.29, 1.82) is 0 Å². The van der Waals surface area contributed by atoms with Crippen LogP contribution in [0.2, 0.25) is 0 Å². The molecule has 128 valence electrons. The molecule has 0 atom stereocenters. The normalized spacial score (nSPS) is 22.5. The third kappa shape index (κ3) is 3.06. The van der Waals surface area contributed by atoms with Crippen LogP contribution >= 0.6 is 0 Å². The molecule has 0 aromatic heterocycles. The number of esters is 2. The lowest BCUT2D eigenvalue weighted by Crippen LogP contribution is -2.48. The van der Waals surface area contributed by atoms with Gasteiger partial charge in [0.25, 0.3) is 5.79 Å². The van der Waals surface area contributed by atoms with Crippen molar-refractivity contribution < 1.29 is 28.6 Å². The SMILES string of the molecule is CCOC(=O)N1C=CC(=C2C(=O)OC3(CCCCC3)OC2=O)C=C1. The second-order valence-corrected chi connectivity index (χ2v) is 5.82. The Bertz CT molecular complexity index is 616. The molecule has 0 bridgehead atoms. The van der Waals surface area contributed by atoms with Gasteiger partial charge in [0.1, 0.15) is 0 Å². The Morgan fingerprint density at radius 2 is 1.71 bits per heavy atom. The van der Waals surface area contributed by atoms with Gasteiger partial charge in [0.2, 0.25) is 0 Å². The molecule has 1 spiro atoms. The van der Waals surface area contributed by atoms with Crippen LogP contribution in [0.3, 0.4) is 0 Å². The minimum absolute atomic E-state index is 0.151. The second-order valence-electron chi connectivity index (χ2n) is 5.82. The molecule has 0 aromatic rings. The van der Waals surface area contributed by atoms with E-state index in [1.165, 1.54) is 29.5 Å². The number of rotatable bonds is 1. The van der Waals surface area contributed by atoms with Crippen LogP contribution in [0, 0.1) is 0 Å². The van der Waals surface area contributed by atoms with Gasteiger partial charge in [-0.3, -0.25) is 4.90 Å². The molecule has 1 saturated heterocycles. The molecular weight excluding hydrogens is 314 g/mol. The zero-order chi connectivity index (χ0) is 17.2. The summed E-state index contributed by atoms with van der Waals surface area (Å²) in [4.78, 5) is 37.5. The third-order valence-corrected chi connectivity index (χ3v) is 4.18. The minimum Gasteiger partial charge on any atom is -0.449 e. The maximum Gasteiger partial charge on any atom is 0.417 e. The van der Waals surface area contributed by atoms with E-state index in [9.17, 15) is 14.4 Å². The summed E-state index contributed by atoms with van der Waals surface area (Å²) < 4.78 is 15.8. The van der Waals surface area contributed by atoms with E-state index in [4.69, 9.17) is 14.2 Å². The van der Waals surface area contributed by atoms with Gasteiger partial charge in [0.05, 0.1) is 6.61 Å². The first-order valence-electron chi connectivity index (χ1n) is 8.07. The number of hydrogen-bond acceptors (Lipinski definition) is 6. The summed E-state index contributed by atoms with van der Waals surface area (Å²) in [7, 11) is 0. The predicted octanol–water partition coefficient (Wildman–Crippen LogP) is 2.54. The second kappa shape index (κ2) is 6.51. The largest absolute Gasteiger partial charge is 0.449 e. The fourth-order valence-electron chi connectivity index (χ4n) is 2.99. The van der Waals surface area contributed by atoms with Gasteiger partial charge in [-0.1, -0.05) is 6.42 Å². The average molecular weight is 333 g/mol. The van der Waals surface area contributed by atoms with Gasteiger partial charge in [-0.05, 0) is 37.5 Å². The Morgan fingerprint density at radius 3 is 2.25 bits per heavy atom. The number of carbonyl (C=O) groups is 3. The van der Waals surface area contributed by atoms with E-state index < -0.39 is 23.8 Å². The molecule has 3 rings (SSSR count). The highest BCUT2D eigenvalue weighted by molar-refractivity contribution is 6.16. The lowest BCUT2D eigenvalue weighted by Gasteiger charge is -2.39. The van der Waals surface area contributed by atoms with Crippen LogP contribution in [0.5, 0.6) is 0 Å². The fourth-order valence-corrected chi connectivity index (χ4v) is 2.99. The van der Waals surface area contributed by atoms with E-state index in [1.54, 1.807) is 6.92 Å². The van der Waals surface area contributed by atoms with Crippen LogP contribution in [0.25, 0.3) is 0 Å². The topological polar surface area (TPSA) is 82.1 Å². The molecule has 0 unspecified atom stereocenters. The smallest absolute Gasteiger partial charge is 0.417 e. The molecule has 1 aliphatic carbocycles. The lowest BCUT2D eigenvalue weighted by atomic mass is 9.92. The van der Waals surface area contributed by atoms with Gasteiger partial charge in [0.15, 0.2) is 5.57 Å². The van der Waals surface area contributed by atoms with Crippen LogP contribution in [0.1, 0.15) is 39.0 Å². The summed E-state index contributed by atoms with van der Waals surface area (Å²) in [6, 6.07) is 0. The van der Waals surface area contributed by atoms with Gasteiger partial charge in [-0.25, -0.2) is 14.4 Å². The standard InChI is InChI=1S/C17H19NO6/c1-2-22-16(21)18-10-6-12(7-11-18)13-14(19)23-17(24-15(13)20)8-4-3-5-9-17/h6-7,10-11H,2-5,8-9H2,1H3. The Balaban J connectivity index is 1.78. The van der Waals surface area contributed by atoms with E-state index in [0.29, 0.717) is 18.4 Å². The Morgan fingerprint density at radius 1 is 1.12 bits per heavy atom. The molecule has 2 fully saturated rings. The summed E-state index contributed by atoms with van der Waals surface area (Å²) in [5.41, 5.74) is 0.193. The number of nitrogens with zero attached hydrogens (tertiary/aromatic N) is 1. The molecule has 0 radical (unpaired) electrons. The number of hydrogen-bond donors (Lipinski definition) is 0. The molecule has 0 N–H and O–H groups in total. The molecule has 1 saturated carbocycles. The van der Waals surface area contributed by atoms with Crippen LogP contribution < -0.4 is 0 Å². The number of carbonyl (C=O) groups excluding carboxylic acids is 3. The van der Waals surface area contributed by atoms with Crippen molar-refractivity contribution in [2.45, 2.75) is 44.8 Å². The molecular formula is C17H19NO6. The Labute approximate surface area is 139 Å². The summed E-state index contributed by atoms with van der Waals surface area (Å²) in [6.07, 6.45) is 9.11. The highest BCUT2D eigenvalue weighted by Crippen LogP contribution is 2.38. The molecule has 2 heterocycles. The predicted molar refractivity (Wildman–Crippen MR) is 82.2 cm³/mol. The summed E-state index contributed by atoms with van der Waals surface area (Å²) in [6.45, 7) is 1.96. The Kier molecular flexibility index (Phi) is 4.42. The average Bonchev–Trinajstić information content (AvgIpc) is 2.55. The number of ether oxygens (including phenoxy) is 3. The van der Waals surface area contributed by atoms with E-state index in [2.05, 4.69) is 0 Å². The first kappa shape index (κ1) is 16.3. The van der Waals surface area contributed by atoms with Crippen molar-refractivity contribution in [2.75, 3.05) is 6.61 Å². The molecule has 24 heavy (non-hydrogen) atoms. The highest BCUT2D eigenvalue weighted by atomic mass is 16.7. The monoisotopic (exact) mass is 333 g/mol. The molecule has 0 aromatic carbocycles. The van der Waals surface area contributed by atoms with Crippen LogP contribution in [-0.4, -0.2) is 35.3 Å². The van der Waals surface area contributed by atoms with Crippen molar-refractivity contribution in [2.24, 2.45) is 0 Å². The zero-order valence-electron chi connectivity index (χ0n) is 13.4. The van der Waals surface area contributed by atoms with E-state index >= 15 is 0 Å². The van der Waals surface area contributed by atoms with E-state index in [0.717, 1.165) is 19.3 Å². The van der Waals surface area contributed by atoms with Gasteiger partial charge in [0, 0.05) is 25.2 Å². The fraction of sp³-hybridized carbons (Fsp3) is 0.471. The molecule has 7 nitrogen and oxygen atoms in total. The maximum atomic E-state index is 12.3. The van der Waals surface area contributed by atoms with Gasteiger partial charge >= 0.3 is 18.0 Å². The first-order chi connectivity index (χ1) is 11.5. The Hall–Kier alpha value is -2.57. The van der Waals surface area contributed by atoms with Crippen LogP contribution in [-0.2, 0) is 23.8 Å². The number of allylic oxidation sites excluding steroid dienone is 3. The zero-order valence-corrected chi connectivity index (χ0v) is 13.4. The van der Waals surface area contributed by atoms with Gasteiger partial charge < -0.3 is 14.2 Å². The molecule has 1 amide bonds. The molecule has 2 aliphatic heterocycles. The summed E-state index contributed by atoms with van der Waals surface area (Å²) in [5, 5.41) is 0. The van der Waals surface area contributed by atoms with Crippen molar-refractivity contribution >= 4 is 18.0 Å². The molecule has 3 aliphatic rings. The van der Waals surface area contributed by atoms with Crippen LogP contribution in [0.4, 0.5) is 4.79 Å². The van der Waals surface area contributed by atoms with Crippen LogP contribution in [0.15, 0.2) is 35.7 Å².